The third kappa shape index (κ3) is 4.58. The number of phenols is 2. The zero-order valence-corrected chi connectivity index (χ0v) is 27.0. The molecule has 2 aliphatic carbocycles. The van der Waals surface area contributed by atoms with E-state index in [1.807, 2.05) is 40.7 Å². The van der Waals surface area contributed by atoms with Crippen molar-refractivity contribution in [1.82, 2.24) is 0 Å². The molecule has 7 heteroatoms. The molecule has 0 unspecified atom stereocenters. The molecule has 7 nitrogen and oxygen atoms in total. The summed E-state index contributed by atoms with van der Waals surface area (Å²) in [6.45, 7) is 19.9. The van der Waals surface area contributed by atoms with E-state index in [9.17, 15) is 29.7 Å². The lowest BCUT2D eigenvalue weighted by Crippen LogP contribution is -2.50. The van der Waals surface area contributed by atoms with Crippen molar-refractivity contribution < 1.29 is 34.4 Å². The minimum absolute atomic E-state index is 0.000201. The van der Waals surface area contributed by atoms with E-state index in [0.717, 1.165) is 0 Å². The number of phenolic OH excluding ortho intramolecular Hbond substituents is 2. The van der Waals surface area contributed by atoms with Crippen molar-refractivity contribution >= 4 is 17.3 Å². The van der Waals surface area contributed by atoms with E-state index in [1.54, 1.807) is 27.7 Å². The quantitative estimate of drug-likeness (QED) is 0.173. The van der Waals surface area contributed by atoms with Gasteiger partial charge in [0.15, 0.2) is 17.3 Å². The fourth-order valence-corrected chi connectivity index (χ4v) is 7.31. The highest BCUT2D eigenvalue weighted by atomic mass is 16.5. The molecule has 3 N–H and O–H groups in total. The summed E-state index contributed by atoms with van der Waals surface area (Å²) >= 11 is 0. The molecule has 0 saturated heterocycles. The molecule has 4 atom stereocenters. The Balaban J connectivity index is 2.10. The van der Waals surface area contributed by atoms with Crippen LogP contribution in [0.25, 0.3) is 0 Å². The number of fused-ring (bicyclic) bond motifs is 3. The van der Waals surface area contributed by atoms with Crippen LogP contribution in [-0.4, -0.2) is 38.3 Å². The standard InChI is InChI=1S/C35H48O7/c1-16(2)14-21(36)24-28(38)25(22(18(5)6)26-30(39)33(7,8)32(41)34(9,10)31(26)40)27(37)23-20-15-19(17(3)4)12-13-35(20,11)42-29(23)24/h12-13,16-20,22,37-39H,14-15H2,1-11H3/t19-,20-,22-,35-/m1/s1. The van der Waals surface area contributed by atoms with Gasteiger partial charge in [0.05, 0.1) is 10.8 Å². The Labute approximate surface area is 250 Å². The number of aliphatic hydroxyl groups excluding tert-OH is 1. The summed E-state index contributed by atoms with van der Waals surface area (Å²) in [5, 5.41) is 35.6. The third-order valence-electron chi connectivity index (χ3n) is 9.83. The molecule has 42 heavy (non-hydrogen) atoms. The second-order valence-electron chi connectivity index (χ2n) is 15.0. The number of carbonyl (C=O) groups excluding carboxylic acids is 3. The van der Waals surface area contributed by atoms with Crippen LogP contribution in [0.3, 0.4) is 0 Å². The van der Waals surface area contributed by atoms with Crippen LogP contribution in [0.15, 0.2) is 23.5 Å². The molecule has 0 radical (unpaired) electrons. The fourth-order valence-electron chi connectivity index (χ4n) is 7.31. The van der Waals surface area contributed by atoms with Gasteiger partial charge in [-0.25, -0.2) is 0 Å². The van der Waals surface area contributed by atoms with E-state index in [1.165, 1.54) is 0 Å². The maximum Gasteiger partial charge on any atom is 0.175 e. The first-order valence-electron chi connectivity index (χ1n) is 15.3. The topological polar surface area (TPSA) is 121 Å². The Kier molecular flexibility index (Phi) is 7.79. The van der Waals surface area contributed by atoms with Gasteiger partial charge in [-0.2, -0.15) is 0 Å². The number of aliphatic hydroxyl groups is 1. The number of benzene rings is 1. The molecule has 0 aromatic heterocycles. The van der Waals surface area contributed by atoms with Gasteiger partial charge in [0.2, 0.25) is 0 Å². The third-order valence-corrected chi connectivity index (χ3v) is 9.83. The first-order chi connectivity index (χ1) is 19.2. The molecule has 0 bridgehead atoms. The van der Waals surface area contributed by atoms with Crippen LogP contribution in [0.2, 0.25) is 0 Å². The Hall–Kier alpha value is -3.09. The molecule has 1 heterocycles. The van der Waals surface area contributed by atoms with Gasteiger partial charge in [-0.15, -0.1) is 0 Å². The average Bonchev–Trinajstić information content (AvgIpc) is 3.17. The lowest BCUT2D eigenvalue weighted by atomic mass is 9.60. The van der Waals surface area contributed by atoms with Crippen LogP contribution in [0.1, 0.15) is 122 Å². The molecule has 0 spiro atoms. The number of aromatic hydroxyl groups is 2. The van der Waals surface area contributed by atoms with Gasteiger partial charge in [-0.3, -0.25) is 14.4 Å². The summed E-state index contributed by atoms with van der Waals surface area (Å²) in [6.07, 6.45) is 4.94. The Morgan fingerprint density at radius 1 is 0.952 bits per heavy atom. The highest BCUT2D eigenvalue weighted by Gasteiger charge is 2.56. The number of ketones is 3. The summed E-state index contributed by atoms with van der Waals surface area (Å²) < 4.78 is 6.48. The molecular weight excluding hydrogens is 532 g/mol. The summed E-state index contributed by atoms with van der Waals surface area (Å²) in [4.78, 5) is 41.1. The first kappa shape index (κ1) is 31.8. The van der Waals surface area contributed by atoms with Crippen molar-refractivity contribution in [1.29, 1.82) is 0 Å². The van der Waals surface area contributed by atoms with Crippen LogP contribution < -0.4 is 4.74 Å². The molecule has 1 aromatic rings. The number of allylic oxidation sites excluding steroid dienone is 3. The van der Waals surface area contributed by atoms with Gasteiger partial charge in [-0.05, 0) is 70.8 Å². The lowest BCUT2D eigenvalue weighted by Gasteiger charge is -2.41. The number of hydrogen-bond donors (Lipinski definition) is 3. The number of carbonyl (C=O) groups is 3. The highest BCUT2D eigenvalue weighted by molar-refractivity contribution is 6.19. The van der Waals surface area contributed by atoms with Crippen molar-refractivity contribution in [3.05, 3.63) is 40.2 Å². The summed E-state index contributed by atoms with van der Waals surface area (Å²) in [5.74, 6) is -3.29. The van der Waals surface area contributed by atoms with E-state index < -0.39 is 45.6 Å². The normalized spacial score (nSPS) is 27.0. The minimum atomic E-state index is -1.43. The van der Waals surface area contributed by atoms with Crippen molar-refractivity contribution in [3.63, 3.8) is 0 Å². The van der Waals surface area contributed by atoms with Crippen LogP contribution in [0.4, 0.5) is 0 Å². The van der Waals surface area contributed by atoms with Gasteiger partial charge in [0.25, 0.3) is 0 Å². The van der Waals surface area contributed by atoms with E-state index >= 15 is 0 Å². The lowest BCUT2D eigenvalue weighted by molar-refractivity contribution is -0.144. The van der Waals surface area contributed by atoms with Crippen LogP contribution in [0, 0.1) is 34.5 Å². The molecule has 1 aromatic carbocycles. The van der Waals surface area contributed by atoms with Crippen molar-refractivity contribution in [2.24, 2.45) is 34.5 Å². The molecule has 4 rings (SSSR count). The number of hydrogen-bond acceptors (Lipinski definition) is 7. The maximum atomic E-state index is 14.0. The van der Waals surface area contributed by atoms with Gasteiger partial charge < -0.3 is 20.1 Å². The van der Waals surface area contributed by atoms with Gasteiger partial charge >= 0.3 is 0 Å². The van der Waals surface area contributed by atoms with Crippen molar-refractivity contribution in [2.75, 3.05) is 0 Å². The van der Waals surface area contributed by atoms with E-state index in [0.29, 0.717) is 17.9 Å². The predicted molar refractivity (Wildman–Crippen MR) is 162 cm³/mol. The Bertz CT molecular complexity index is 1400. The molecule has 1 aliphatic heterocycles. The predicted octanol–water partition coefficient (Wildman–Crippen LogP) is 7.55. The fraction of sp³-hybridized carbons (Fsp3) is 0.629. The van der Waals surface area contributed by atoms with E-state index in [2.05, 4.69) is 19.9 Å². The number of ether oxygens (including phenoxy) is 1. The molecule has 0 amide bonds. The van der Waals surface area contributed by atoms with Gasteiger partial charge in [-0.1, -0.05) is 47.6 Å². The largest absolute Gasteiger partial charge is 0.511 e. The van der Waals surface area contributed by atoms with Gasteiger partial charge in [0.1, 0.15) is 34.2 Å². The first-order valence-corrected chi connectivity index (χ1v) is 15.3. The molecule has 230 valence electrons. The molecular formula is C35H48O7. The van der Waals surface area contributed by atoms with Crippen LogP contribution in [0.5, 0.6) is 17.2 Å². The van der Waals surface area contributed by atoms with Crippen molar-refractivity contribution in [2.45, 2.75) is 106 Å². The highest BCUT2D eigenvalue weighted by Crippen LogP contribution is 2.62. The second-order valence-corrected chi connectivity index (χ2v) is 15.0. The Morgan fingerprint density at radius 2 is 1.55 bits per heavy atom. The molecule has 0 saturated carbocycles. The van der Waals surface area contributed by atoms with Crippen molar-refractivity contribution in [3.8, 4) is 17.2 Å². The summed E-state index contributed by atoms with van der Waals surface area (Å²) in [5.41, 5.74) is -3.17. The van der Waals surface area contributed by atoms with E-state index in [-0.39, 0.29) is 63.9 Å². The van der Waals surface area contributed by atoms with Crippen LogP contribution in [-0.2, 0) is 9.59 Å². The zero-order chi connectivity index (χ0) is 31.9. The Morgan fingerprint density at radius 3 is 2.07 bits per heavy atom. The molecule has 3 aliphatic rings. The van der Waals surface area contributed by atoms with Gasteiger partial charge in [0, 0.05) is 35.0 Å². The smallest absolute Gasteiger partial charge is 0.175 e. The summed E-state index contributed by atoms with van der Waals surface area (Å²) in [7, 11) is 0. The minimum Gasteiger partial charge on any atom is -0.511 e. The second kappa shape index (κ2) is 10.3. The number of rotatable bonds is 7. The maximum absolute atomic E-state index is 14.0. The summed E-state index contributed by atoms with van der Waals surface area (Å²) in [6, 6.07) is 0. The SMILES string of the molecule is CC(C)CC(=O)c1c(O)c([C@H](C2=C(O)C(C)(C)C(=O)C(C)(C)C2=O)C(C)C)c(O)c2c1O[C@]1(C)C=C[C@@H](C(C)C)C[C@H]21. The monoisotopic (exact) mass is 580 g/mol. The van der Waals surface area contributed by atoms with Crippen LogP contribution >= 0.6 is 0 Å². The molecule has 0 fully saturated rings. The number of Topliss-reactive ketones (excluding diaryl/α,β-unsaturated/α-hetero) is 3. The average molecular weight is 581 g/mol. The zero-order valence-electron chi connectivity index (χ0n) is 27.0. The van der Waals surface area contributed by atoms with E-state index in [4.69, 9.17) is 4.74 Å².